The Labute approximate surface area is 161 Å². The summed E-state index contributed by atoms with van der Waals surface area (Å²) in [4.78, 5) is 38.0. The smallest absolute Gasteiger partial charge is 0.331 e. The van der Waals surface area contributed by atoms with Gasteiger partial charge in [-0.1, -0.05) is 24.3 Å². The molecule has 2 heterocycles. The second-order valence-corrected chi connectivity index (χ2v) is 6.81. The summed E-state index contributed by atoms with van der Waals surface area (Å²) in [6.45, 7) is -0.153. The van der Waals surface area contributed by atoms with Crippen LogP contribution in [0.5, 0.6) is 0 Å². The molecule has 0 spiro atoms. The minimum Gasteiger partial charge on any atom is -0.467 e. The molecule has 0 unspecified atom stereocenters. The van der Waals surface area contributed by atoms with Gasteiger partial charge >= 0.3 is 11.9 Å². The highest BCUT2D eigenvalue weighted by Crippen LogP contribution is 2.24. The normalized spacial score (nSPS) is 16.0. The maximum absolute atomic E-state index is 12.6. The van der Waals surface area contributed by atoms with Crippen molar-refractivity contribution in [1.29, 1.82) is 0 Å². The van der Waals surface area contributed by atoms with E-state index in [1.54, 1.807) is 6.08 Å². The number of nitrogens with zero attached hydrogens (tertiary/aromatic N) is 1. The number of hydrogen-bond acceptors (Lipinski definition) is 6. The van der Waals surface area contributed by atoms with E-state index >= 15 is 0 Å². The van der Waals surface area contributed by atoms with Crippen molar-refractivity contribution in [2.45, 2.75) is 19.0 Å². The Morgan fingerprint density at radius 1 is 1.22 bits per heavy atom. The van der Waals surface area contributed by atoms with Crippen LogP contribution < -0.4 is 0 Å². The molecule has 6 nitrogen and oxygen atoms in total. The molecule has 2 aromatic rings. The lowest BCUT2D eigenvalue weighted by atomic mass is 9.94. The lowest BCUT2D eigenvalue weighted by molar-refractivity contribution is -0.158. The molecular formula is C20H19NO5S. The molecule has 0 saturated heterocycles. The monoisotopic (exact) mass is 385 g/mol. The molecule has 1 aliphatic rings. The molecule has 27 heavy (non-hydrogen) atoms. The summed E-state index contributed by atoms with van der Waals surface area (Å²) >= 11 is 1.52. The van der Waals surface area contributed by atoms with Gasteiger partial charge in [0.2, 0.25) is 0 Å². The summed E-state index contributed by atoms with van der Waals surface area (Å²) in [6, 6.07) is 8.77. The largest absolute Gasteiger partial charge is 0.467 e. The number of fused-ring (bicyclic) bond motifs is 1. The molecule has 1 aromatic carbocycles. The van der Waals surface area contributed by atoms with Crippen LogP contribution in [0, 0.1) is 0 Å². The predicted molar refractivity (Wildman–Crippen MR) is 101 cm³/mol. The summed E-state index contributed by atoms with van der Waals surface area (Å²) in [7, 11) is 1.29. The minimum atomic E-state index is -0.725. The van der Waals surface area contributed by atoms with Crippen molar-refractivity contribution in [2.24, 2.45) is 0 Å². The summed E-state index contributed by atoms with van der Waals surface area (Å²) in [5, 5.41) is 3.79. The van der Waals surface area contributed by atoms with Crippen molar-refractivity contribution in [1.82, 2.24) is 4.90 Å². The first-order chi connectivity index (χ1) is 13.1. The van der Waals surface area contributed by atoms with Gasteiger partial charge in [-0.2, -0.15) is 11.3 Å². The predicted octanol–water partition coefficient (Wildman–Crippen LogP) is 2.43. The van der Waals surface area contributed by atoms with E-state index in [0.717, 1.165) is 16.7 Å². The number of hydrogen-bond donors (Lipinski definition) is 0. The maximum Gasteiger partial charge on any atom is 0.331 e. The number of ether oxygens (including phenoxy) is 2. The number of methoxy groups -OCH3 is 1. The van der Waals surface area contributed by atoms with Gasteiger partial charge in [-0.15, -0.1) is 0 Å². The van der Waals surface area contributed by atoms with E-state index in [2.05, 4.69) is 0 Å². The third kappa shape index (κ3) is 4.62. The van der Waals surface area contributed by atoms with E-state index in [1.165, 1.54) is 29.4 Å². The van der Waals surface area contributed by atoms with Crippen LogP contribution in [0.3, 0.4) is 0 Å². The first-order valence-corrected chi connectivity index (χ1v) is 9.34. The highest BCUT2D eigenvalue weighted by Gasteiger charge is 2.35. The Kier molecular flexibility index (Phi) is 6.03. The zero-order valence-corrected chi connectivity index (χ0v) is 15.6. The van der Waals surface area contributed by atoms with Crippen LogP contribution in [0.25, 0.3) is 6.08 Å². The van der Waals surface area contributed by atoms with Crippen LogP contribution in [0.15, 0.2) is 47.2 Å². The number of thiophene rings is 1. The summed E-state index contributed by atoms with van der Waals surface area (Å²) in [5.41, 5.74) is 2.86. The zero-order chi connectivity index (χ0) is 19.2. The lowest BCUT2D eigenvalue weighted by Crippen LogP contribution is -2.50. The van der Waals surface area contributed by atoms with Crippen LogP contribution >= 0.6 is 11.3 Å². The van der Waals surface area contributed by atoms with E-state index < -0.39 is 30.5 Å². The molecule has 0 radical (unpaired) electrons. The highest BCUT2D eigenvalue weighted by molar-refractivity contribution is 7.08. The summed E-state index contributed by atoms with van der Waals surface area (Å²) in [5.74, 6) is -1.53. The van der Waals surface area contributed by atoms with Crippen LogP contribution in [0.1, 0.15) is 16.7 Å². The fraction of sp³-hybridized carbons (Fsp3) is 0.250. The van der Waals surface area contributed by atoms with Crippen LogP contribution in [-0.2, 0) is 36.8 Å². The molecule has 1 atom stereocenters. The number of rotatable bonds is 5. The first kappa shape index (κ1) is 18.8. The average molecular weight is 385 g/mol. The van der Waals surface area contributed by atoms with E-state index in [9.17, 15) is 14.4 Å². The molecular weight excluding hydrogens is 366 g/mol. The molecule has 1 aliphatic heterocycles. The number of amides is 1. The Balaban J connectivity index is 1.64. The number of carbonyl (C=O) groups excluding carboxylic acids is 3. The number of benzene rings is 1. The third-order valence-electron chi connectivity index (χ3n) is 4.34. The molecule has 0 N–H and O–H groups in total. The van der Waals surface area contributed by atoms with Gasteiger partial charge < -0.3 is 14.4 Å². The lowest BCUT2D eigenvalue weighted by Gasteiger charge is -2.35. The highest BCUT2D eigenvalue weighted by atomic mass is 32.1. The molecule has 0 aliphatic carbocycles. The number of esters is 2. The van der Waals surface area contributed by atoms with Gasteiger partial charge in [0.15, 0.2) is 6.61 Å². The molecule has 3 rings (SSSR count). The van der Waals surface area contributed by atoms with Crippen molar-refractivity contribution in [3.8, 4) is 0 Å². The topological polar surface area (TPSA) is 72.9 Å². The zero-order valence-electron chi connectivity index (χ0n) is 14.8. The van der Waals surface area contributed by atoms with E-state index in [0.29, 0.717) is 6.42 Å². The fourth-order valence-corrected chi connectivity index (χ4v) is 3.56. The van der Waals surface area contributed by atoms with Crippen molar-refractivity contribution in [3.63, 3.8) is 0 Å². The fourth-order valence-electron chi connectivity index (χ4n) is 2.93. The van der Waals surface area contributed by atoms with E-state index in [1.807, 2.05) is 41.1 Å². The SMILES string of the molecule is COC(=O)[C@H]1Cc2ccccc2CN1C(=O)COC(=O)/C=C/c1ccsc1. The van der Waals surface area contributed by atoms with Crippen molar-refractivity contribution in [3.05, 3.63) is 63.9 Å². The van der Waals surface area contributed by atoms with Gasteiger partial charge in [0.05, 0.1) is 7.11 Å². The molecule has 1 amide bonds. The summed E-state index contributed by atoms with van der Waals surface area (Å²) in [6.07, 6.45) is 3.27. The number of carbonyl (C=O) groups is 3. The Morgan fingerprint density at radius 2 is 2.00 bits per heavy atom. The van der Waals surface area contributed by atoms with Gasteiger partial charge in [0.1, 0.15) is 6.04 Å². The van der Waals surface area contributed by atoms with Crippen LogP contribution in [-0.4, -0.2) is 42.5 Å². The summed E-state index contributed by atoms with van der Waals surface area (Å²) < 4.78 is 9.88. The second-order valence-electron chi connectivity index (χ2n) is 6.03. The van der Waals surface area contributed by atoms with Crippen LogP contribution in [0.2, 0.25) is 0 Å². The molecule has 0 fully saturated rings. The Bertz CT molecular complexity index is 859. The van der Waals surface area contributed by atoms with Gasteiger partial charge in [0.25, 0.3) is 5.91 Å². The van der Waals surface area contributed by atoms with Crippen molar-refractivity contribution < 1.29 is 23.9 Å². The molecule has 140 valence electrons. The Morgan fingerprint density at radius 3 is 2.70 bits per heavy atom. The van der Waals surface area contributed by atoms with Crippen LogP contribution in [0.4, 0.5) is 0 Å². The third-order valence-corrected chi connectivity index (χ3v) is 5.04. The second kappa shape index (κ2) is 8.64. The van der Waals surface area contributed by atoms with E-state index in [4.69, 9.17) is 9.47 Å². The van der Waals surface area contributed by atoms with Gasteiger partial charge in [-0.05, 0) is 39.6 Å². The standard InChI is InChI=1S/C20H19NO5S/c1-25-20(24)17-10-15-4-2-3-5-16(15)11-21(17)18(22)12-26-19(23)7-6-14-8-9-27-13-14/h2-9,13,17H,10-12H2,1H3/b7-6+/t17-/m1/s1. The molecule has 7 heteroatoms. The maximum atomic E-state index is 12.6. The Hall–Kier alpha value is -2.93. The molecule has 1 aromatic heterocycles. The molecule has 0 saturated carbocycles. The van der Waals surface area contributed by atoms with E-state index in [-0.39, 0.29) is 6.54 Å². The minimum absolute atomic E-state index is 0.275. The van der Waals surface area contributed by atoms with Gasteiger partial charge in [0, 0.05) is 19.0 Å². The average Bonchev–Trinajstić information content (AvgIpc) is 3.22. The quantitative estimate of drug-likeness (QED) is 0.584. The van der Waals surface area contributed by atoms with Crippen molar-refractivity contribution in [2.75, 3.05) is 13.7 Å². The first-order valence-electron chi connectivity index (χ1n) is 8.39. The molecule has 0 bridgehead atoms. The van der Waals surface area contributed by atoms with Crippen molar-refractivity contribution >= 4 is 35.3 Å². The van der Waals surface area contributed by atoms with Gasteiger partial charge in [-0.3, -0.25) is 4.79 Å². The van der Waals surface area contributed by atoms with Gasteiger partial charge in [-0.25, -0.2) is 9.59 Å².